The zero-order valence-electron chi connectivity index (χ0n) is 16.4. The summed E-state index contributed by atoms with van der Waals surface area (Å²) >= 11 is 0. The second kappa shape index (κ2) is 8.00. The number of anilines is 2. The molecule has 4 rings (SSSR count). The molecule has 1 heteroatoms. The number of nitrogens with zero attached hydrogens (tertiary/aromatic N) is 1. The highest BCUT2D eigenvalue weighted by Crippen LogP contribution is 2.39. The maximum Gasteiger partial charge on any atom is 0.0413 e. The lowest BCUT2D eigenvalue weighted by Gasteiger charge is -2.39. The van der Waals surface area contributed by atoms with Gasteiger partial charge in [0.2, 0.25) is 0 Å². The zero-order valence-corrected chi connectivity index (χ0v) is 16.4. The third-order valence-electron chi connectivity index (χ3n) is 5.96. The van der Waals surface area contributed by atoms with Crippen molar-refractivity contribution in [2.45, 2.75) is 51.5 Å². The normalized spacial score (nSPS) is 19.6. The molecule has 0 aliphatic heterocycles. The molecule has 1 saturated carbocycles. The Hall–Kier alpha value is -2.54. The first-order valence-electron chi connectivity index (χ1n) is 10.2. The second-order valence-corrected chi connectivity index (χ2v) is 7.96. The minimum Gasteiger partial charge on any atom is -0.338 e. The van der Waals surface area contributed by atoms with Crippen molar-refractivity contribution in [1.29, 1.82) is 0 Å². The van der Waals surface area contributed by atoms with Crippen molar-refractivity contribution in [3.8, 4) is 0 Å². The summed E-state index contributed by atoms with van der Waals surface area (Å²) in [5.74, 6) is 0.709. The number of aryl methyl sites for hydroxylation is 2. The summed E-state index contributed by atoms with van der Waals surface area (Å²) in [6.07, 6.45) is 5.01. The maximum absolute atomic E-state index is 2.57. The van der Waals surface area contributed by atoms with E-state index in [1.807, 2.05) is 0 Å². The minimum atomic E-state index is 0.565. The molecule has 1 fully saturated rings. The van der Waals surface area contributed by atoms with Gasteiger partial charge in [0.15, 0.2) is 0 Å². The van der Waals surface area contributed by atoms with Crippen molar-refractivity contribution in [3.05, 3.63) is 95.6 Å². The molecule has 0 heterocycles. The Labute approximate surface area is 163 Å². The van der Waals surface area contributed by atoms with Gasteiger partial charge in [-0.2, -0.15) is 0 Å². The molecule has 0 spiro atoms. The number of hydrogen-bond donors (Lipinski definition) is 0. The molecule has 0 amide bonds. The van der Waals surface area contributed by atoms with Crippen LogP contribution in [0.2, 0.25) is 0 Å². The largest absolute Gasteiger partial charge is 0.338 e. The molecule has 0 saturated heterocycles. The Morgan fingerprint density at radius 2 is 1.07 bits per heavy atom. The summed E-state index contributed by atoms with van der Waals surface area (Å²) in [5, 5.41) is 0. The fraction of sp³-hybridized carbons (Fsp3) is 0.308. The summed E-state index contributed by atoms with van der Waals surface area (Å²) in [6.45, 7) is 4.32. The van der Waals surface area contributed by atoms with E-state index in [9.17, 15) is 0 Å². The van der Waals surface area contributed by atoms with E-state index < -0.39 is 0 Å². The maximum atomic E-state index is 2.57. The number of hydrogen-bond acceptors (Lipinski definition) is 1. The van der Waals surface area contributed by atoms with E-state index in [0.717, 1.165) is 0 Å². The summed E-state index contributed by atoms with van der Waals surface area (Å²) in [4.78, 5) is 2.57. The molecule has 0 N–H and O–H groups in total. The second-order valence-electron chi connectivity index (χ2n) is 7.96. The van der Waals surface area contributed by atoms with Gasteiger partial charge in [-0.1, -0.05) is 65.7 Å². The summed E-state index contributed by atoms with van der Waals surface area (Å²) in [6, 6.07) is 29.6. The highest BCUT2D eigenvalue weighted by atomic mass is 15.2. The Balaban J connectivity index is 1.58. The van der Waals surface area contributed by atoms with Crippen molar-refractivity contribution in [2.75, 3.05) is 4.90 Å². The SMILES string of the molecule is Cc1ccc(N(c2ccc(C)cc2)C2CCC(c3ccccc3)CC2)cc1. The summed E-state index contributed by atoms with van der Waals surface area (Å²) in [7, 11) is 0. The van der Waals surface area contributed by atoms with E-state index in [2.05, 4.69) is 97.6 Å². The van der Waals surface area contributed by atoms with Crippen molar-refractivity contribution >= 4 is 11.4 Å². The third kappa shape index (κ3) is 4.08. The average Bonchev–Trinajstić information content (AvgIpc) is 2.72. The van der Waals surface area contributed by atoms with Crippen LogP contribution in [0.25, 0.3) is 0 Å². The molecule has 27 heavy (non-hydrogen) atoms. The molecular formula is C26H29N. The van der Waals surface area contributed by atoms with Crippen LogP contribution in [-0.4, -0.2) is 6.04 Å². The Morgan fingerprint density at radius 3 is 1.56 bits per heavy atom. The minimum absolute atomic E-state index is 0.565. The molecule has 3 aromatic rings. The monoisotopic (exact) mass is 355 g/mol. The first-order valence-corrected chi connectivity index (χ1v) is 10.2. The summed E-state index contributed by atoms with van der Waals surface area (Å²) in [5.41, 5.74) is 6.76. The van der Waals surface area contributed by atoms with E-state index in [1.165, 1.54) is 53.7 Å². The molecular weight excluding hydrogens is 326 g/mol. The van der Waals surface area contributed by atoms with Gasteiger partial charge in [-0.3, -0.25) is 0 Å². The lowest BCUT2D eigenvalue weighted by Crippen LogP contribution is -2.34. The Kier molecular flexibility index (Phi) is 5.29. The smallest absolute Gasteiger partial charge is 0.0413 e. The predicted molar refractivity (Wildman–Crippen MR) is 116 cm³/mol. The van der Waals surface area contributed by atoms with Crippen LogP contribution in [0.5, 0.6) is 0 Å². The highest BCUT2D eigenvalue weighted by molar-refractivity contribution is 5.64. The first-order chi connectivity index (χ1) is 13.2. The van der Waals surface area contributed by atoms with Crippen molar-refractivity contribution in [3.63, 3.8) is 0 Å². The van der Waals surface area contributed by atoms with Gasteiger partial charge in [0, 0.05) is 17.4 Å². The molecule has 0 radical (unpaired) electrons. The quantitative estimate of drug-likeness (QED) is 0.479. The van der Waals surface area contributed by atoms with Gasteiger partial charge in [-0.05, 0) is 75.3 Å². The fourth-order valence-electron chi connectivity index (χ4n) is 4.37. The molecule has 0 atom stereocenters. The standard InChI is InChI=1S/C26H29N/c1-20-8-14-24(15-9-20)27(25-16-10-21(2)11-17-25)26-18-12-23(13-19-26)22-6-4-3-5-7-22/h3-11,14-17,23,26H,12-13,18-19H2,1-2H3. The van der Waals surface area contributed by atoms with Crippen molar-refractivity contribution in [2.24, 2.45) is 0 Å². The van der Waals surface area contributed by atoms with E-state index in [-0.39, 0.29) is 0 Å². The number of rotatable bonds is 4. The summed E-state index contributed by atoms with van der Waals surface area (Å²) < 4.78 is 0. The van der Waals surface area contributed by atoms with E-state index >= 15 is 0 Å². The van der Waals surface area contributed by atoms with Crippen LogP contribution in [0.15, 0.2) is 78.9 Å². The molecule has 3 aromatic carbocycles. The van der Waals surface area contributed by atoms with Crippen molar-refractivity contribution < 1.29 is 0 Å². The Morgan fingerprint density at radius 1 is 0.593 bits per heavy atom. The topological polar surface area (TPSA) is 3.24 Å². The molecule has 0 bridgehead atoms. The highest BCUT2D eigenvalue weighted by Gasteiger charge is 2.27. The molecule has 0 unspecified atom stereocenters. The van der Waals surface area contributed by atoms with Gasteiger partial charge in [0.1, 0.15) is 0 Å². The van der Waals surface area contributed by atoms with E-state index in [0.29, 0.717) is 12.0 Å². The lowest BCUT2D eigenvalue weighted by molar-refractivity contribution is 0.392. The van der Waals surface area contributed by atoms with Gasteiger partial charge in [0.25, 0.3) is 0 Å². The van der Waals surface area contributed by atoms with E-state index in [4.69, 9.17) is 0 Å². The molecule has 1 nitrogen and oxygen atoms in total. The predicted octanol–water partition coefficient (Wildman–Crippen LogP) is 7.17. The van der Waals surface area contributed by atoms with Crippen LogP contribution in [0.4, 0.5) is 11.4 Å². The molecule has 1 aliphatic rings. The fourth-order valence-corrected chi connectivity index (χ4v) is 4.37. The van der Waals surface area contributed by atoms with E-state index in [1.54, 1.807) is 0 Å². The molecule has 138 valence electrons. The average molecular weight is 356 g/mol. The van der Waals surface area contributed by atoms with Crippen molar-refractivity contribution in [1.82, 2.24) is 0 Å². The number of benzene rings is 3. The van der Waals surface area contributed by atoms with Crippen LogP contribution in [0.1, 0.15) is 48.3 Å². The van der Waals surface area contributed by atoms with Crippen LogP contribution < -0.4 is 4.90 Å². The lowest BCUT2D eigenvalue weighted by atomic mass is 9.81. The van der Waals surface area contributed by atoms with Gasteiger partial charge >= 0.3 is 0 Å². The Bertz CT molecular complexity index is 795. The third-order valence-corrected chi connectivity index (χ3v) is 5.96. The van der Waals surface area contributed by atoms with Crippen LogP contribution in [-0.2, 0) is 0 Å². The van der Waals surface area contributed by atoms with Gasteiger partial charge in [-0.15, -0.1) is 0 Å². The van der Waals surface area contributed by atoms with Gasteiger partial charge < -0.3 is 4.90 Å². The zero-order chi connectivity index (χ0) is 18.6. The van der Waals surface area contributed by atoms with Gasteiger partial charge in [-0.25, -0.2) is 0 Å². The molecule has 1 aliphatic carbocycles. The van der Waals surface area contributed by atoms with Crippen LogP contribution in [0, 0.1) is 13.8 Å². The first kappa shape index (κ1) is 17.9. The molecule has 0 aromatic heterocycles. The van der Waals surface area contributed by atoms with Gasteiger partial charge in [0.05, 0.1) is 0 Å². The van der Waals surface area contributed by atoms with Crippen LogP contribution >= 0.6 is 0 Å². The van der Waals surface area contributed by atoms with Crippen LogP contribution in [0.3, 0.4) is 0 Å².